The molecule has 2 fully saturated rings. The van der Waals surface area contributed by atoms with Crippen molar-refractivity contribution in [2.24, 2.45) is 5.92 Å². The molecule has 0 spiro atoms. The number of pyridine rings is 1. The number of aromatic nitrogens is 1. The second-order valence-corrected chi connectivity index (χ2v) is 6.36. The molecule has 104 valence electrons. The third-order valence-corrected chi connectivity index (χ3v) is 4.67. The third kappa shape index (κ3) is 3.54. The molecule has 0 radical (unpaired) electrons. The first kappa shape index (κ1) is 13.1. The summed E-state index contributed by atoms with van der Waals surface area (Å²) in [5, 5.41) is 3.73. The summed E-state index contributed by atoms with van der Waals surface area (Å²) in [6.07, 6.45) is 10.8. The molecule has 3 heteroatoms. The molecule has 1 N–H and O–H groups in total. The average molecular weight is 259 g/mol. The average Bonchev–Trinajstić information content (AvgIpc) is 2.77. The number of fused-ring (bicyclic) bond motifs is 2. The Balaban J connectivity index is 1.42. The van der Waals surface area contributed by atoms with Gasteiger partial charge in [-0.05, 0) is 63.2 Å². The van der Waals surface area contributed by atoms with Crippen LogP contribution in [0.2, 0.25) is 0 Å². The summed E-state index contributed by atoms with van der Waals surface area (Å²) in [4.78, 5) is 6.61. The lowest BCUT2D eigenvalue weighted by molar-refractivity contribution is 0.238. The van der Waals surface area contributed by atoms with Crippen molar-refractivity contribution in [2.75, 3.05) is 13.6 Å². The lowest BCUT2D eigenvalue weighted by Crippen LogP contribution is -2.38. The second-order valence-electron chi connectivity index (χ2n) is 6.36. The second kappa shape index (κ2) is 6.02. The molecule has 3 nitrogen and oxygen atoms in total. The molecule has 19 heavy (non-hydrogen) atoms. The van der Waals surface area contributed by atoms with E-state index in [0.29, 0.717) is 0 Å². The SMILES string of the molecule is CN(CCC1CC2CCC(C1)N2)Cc1cccnc1. The smallest absolute Gasteiger partial charge is 0.0312 e. The molecular weight excluding hydrogens is 234 g/mol. The van der Waals surface area contributed by atoms with E-state index in [1.165, 1.54) is 44.2 Å². The van der Waals surface area contributed by atoms with Crippen LogP contribution in [0.15, 0.2) is 24.5 Å². The number of nitrogens with zero attached hydrogens (tertiary/aromatic N) is 2. The first-order valence-corrected chi connectivity index (χ1v) is 7.63. The van der Waals surface area contributed by atoms with Crippen LogP contribution < -0.4 is 5.32 Å². The minimum Gasteiger partial charge on any atom is -0.311 e. The van der Waals surface area contributed by atoms with Crippen molar-refractivity contribution < 1.29 is 0 Å². The van der Waals surface area contributed by atoms with Gasteiger partial charge in [0.15, 0.2) is 0 Å². The molecule has 2 unspecified atom stereocenters. The lowest BCUT2D eigenvalue weighted by atomic mass is 9.89. The van der Waals surface area contributed by atoms with Gasteiger partial charge in [-0.25, -0.2) is 0 Å². The zero-order chi connectivity index (χ0) is 13.1. The molecule has 3 heterocycles. The van der Waals surface area contributed by atoms with Crippen LogP contribution in [0, 0.1) is 5.92 Å². The molecule has 2 aliphatic heterocycles. The largest absolute Gasteiger partial charge is 0.311 e. The van der Waals surface area contributed by atoms with Gasteiger partial charge in [0.1, 0.15) is 0 Å². The van der Waals surface area contributed by atoms with Crippen LogP contribution in [0.3, 0.4) is 0 Å². The van der Waals surface area contributed by atoms with Crippen molar-refractivity contribution in [3.63, 3.8) is 0 Å². The molecule has 0 saturated carbocycles. The van der Waals surface area contributed by atoms with Gasteiger partial charge in [-0.15, -0.1) is 0 Å². The Hall–Kier alpha value is -0.930. The van der Waals surface area contributed by atoms with E-state index >= 15 is 0 Å². The van der Waals surface area contributed by atoms with Gasteiger partial charge in [0.05, 0.1) is 0 Å². The fraction of sp³-hybridized carbons (Fsp3) is 0.688. The molecule has 0 aromatic carbocycles. The highest BCUT2D eigenvalue weighted by Crippen LogP contribution is 2.32. The Bertz CT molecular complexity index is 380. The van der Waals surface area contributed by atoms with Crippen LogP contribution in [0.4, 0.5) is 0 Å². The van der Waals surface area contributed by atoms with Gasteiger partial charge in [0.25, 0.3) is 0 Å². The van der Waals surface area contributed by atoms with Crippen LogP contribution >= 0.6 is 0 Å². The van der Waals surface area contributed by atoms with Crippen LogP contribution in [0.25, 0.3) is 0 Å². The van der Waals surface area contributed by atoms with Crippen LogP contribution in [-0.4, -0.2) is 35.6 Å². The van der Waals surface area contributed by atoms with E-state index < -0.39 is 0 Å². The van der Waals surface area contributed by atoms with Crippen molar-refractivity contribution >= 4 is 0 Å². The Labute approximate surface area is 116 Å². The lowest BCUT2D eigenvalue weighted by Gasteiger charge is -2.30. The molecule has 2 atom stereocenters. The Morgan fingerprint density at radius 3 is 2.79 bits per heavy atom. The van der Waals surface area contributed by atoms with Crippen LogP contribution in [0.5, 0.6) is 0 Å². The number of hydrogen-bond acceptors (Lipinski definition) is 3. The van der Waals surface area contributed by atoms with Gasteiger partial charge in [-0.1, -0.05) is 6.07 Å². The van der Waals surface area contributed by atoms with Gasteiger partial charge < -0.3 is 10.2 Å². The first-order valence-electron chi connectivity index (χ1n) is 7.63. The van der Waals surface area contributed by atoms with Crippen molar-refractivity contribution in [3.05, 3.63) is 30.1 Å². The summed E-state index contributed by atoms with van der Waals surface area (Å²) in [6.45, 7) is 2.23. The minimum atomic E-state index is 0.826. The summed E-state index contributed by atoms with van der Waals surface area (Å²) in [7, 11) is 2.22. The van der Waals surface area contributed by atoms with Gasteiger partial charge in [0, 0.05) is 31.0 Å². The topological polar surface area (TPSA) is 28.2 Å². The number of piperidine rings is 1. The standard InChI is InChI=1S/C16H25N3/c1-19(12-14-3-2-7-17-11-14)8-6-13-9-15-4-5-16(10-13)18-15/h2-3,7,11,13,15-16,18H,4-6,8-10,12H2,1H3. The van der Waals surface area contributed by atoms with E-state index in [4.69, 9.17) is 0 Å². The highest BCUT2D eigenvalue weighted by molar-refractivity contribution is 5.07. The molecule has 2 saturated heterocycles. The van der Waals surface area contributed by atoms with E-state index in [1.807, 2.05) is 18.5 Å². The predicted molar refractivity (Wildman–Crippen MR) is 77.9 cm³/mol. The Kier molecular flexibility index (Phi) is 4.14. The molecule has 2 aliphatic rings. The van der Waals surface area contributed by atoms with Crippen LogP contribution in [0.1, 0.15) is 37.7 Å². The van der Waals surface area contributed by atoms with E-state index in [9.17, 15) is 0 Å². The molecule has 3 rings (SSSR count). The number of nitrogens with one attached hydrogen (secondary N) is 1. The molecule has 1 aromatic rings. The minimum absolute atomic E-state index is 0.826. The first-order chi connectivity index (χ1) is 9.29. The Morgan fingerprint density at radius 2 is 2.11 bits per heavy atom. The summed E-state index contributed by atoms with van der Waals surface area (Å²) < 4.78 is 0. The van der Waals surface area contributed by atoms with E-state index in [0.717, 1.165) is 24.5 Å². The van der Waals surface area contributed by atoms with Crippen LogP contribution in [-0.2, 0) is 6.54 Å². The quantitative estimate of drug-likeness (QED) is 0.880. The molecule has 0 amide bonds. The summed E-state index contributed by atoms with van der Waals surface area (Å²) in [5.41, 5.74) is 1.32. The number of hydrogen-bond donors (Lipinski definition) is 1. The molecule has 0 aliphatic carbocycles. The summed E-state index contributed by atoms with van der Waals surface area (Å²) in [5.74, 6) is 0.940. The maximum absolute atomic E-state index is 4.18. The summed E-state index contributed by atoms with van der Waals surface area (Å²) in [6, 6.07) is 5.84. The van der Waals surface area contributed by atoms with Crippen molar-refractivity contribution in [2.45, 2.75) is 50.7 Å². The van der Waals surface area contributed by atoms with Crippen molar-refractivity contribution in [3.8, 4) is 0 Å². The zero-order valence-electron chi connectivity index (χ0n) is 11.9. The fourth-order valence-corrected chi connectivity index (χ4v) is 3.70. The van der Waals surface area contributed by atoms with Gasteiger partial charge >= 0.3 is 0 Å². The zero-order valence-corrected chi connectivity index (χ0v) is 11.9. The Morgan fingerprint density at radius 1 is 1.32 bits per heavy atom. The maximum atomic E-state index is 4.18. The normalized spacial score (nSPS) is 29.9. The molecular formula is C16H25N3. The predicted octanol–water partition coefficient (Wildman–Crippen LogP) is 2.43. The molecule has 1 aromatic heterocycles. The van der Waals surface area contributed by atoms with Gasteiger partial charge in [-0.3, -0.25) is 4.98 Å². The summed E-state index contributed by atoms with van der Waals surface area (Å²) >= 11 is 0. The van der Waals surface area contributed by atoms with Crippen molar-refractivity contribution in [1.29, 1.82) is 0 Å². The van der Waals surface area contributed by atoms with Crippen molar-refractivity contribution in [1.82, 2.24) is 15.2 Å². The molecule has 2 bridgehead atoms. The van der Waals surface area contributed by atoms with Gasteiger partial charge in [0.2, 0.25) is 0 Å². The van der Waals surface area contributed by atoms with Gasteiger partial charge in [-0.2, -0.15) is 0 Å². The highest BCUT2D eigenvalue weighted by Gasteiger charge is 2.32. The van der Waals surface area contributed by atoms with E-state index in [-0.39, 0.29) is 0 Å². The van der Waals surface area contributed by atoms with E-state index in [1.54, 1.807) is 0 Å². The fourth-order valence-electron chi connectivity index (χ4n) is 3.70. The van der Waals surface area contributed by atoms with E-state index in [2.05, 4.69) is 28.3 Å². The highest BCUT2D eigenvalue weighted by atomic mass is 15.1. The third-order valence-electron chi connectivity index (χ3n) is 4.67. The monoisotopic (exact) mass is 259 g/mol. The maximum Gasteiger partial charge on any atom is 0.0312 e. The number of rotatable bonds is 5.